The number of carbonyl (C=O) groups is 1. The highest BCUT2D eigenvalue weighted by Gasteiger charge is 2.42. The van der Waals surface area contributed by atoms with Crippen molar-refractivity contribution in [1.82, 2.24) is 20.2 Å². The number of hydrogen-bond acceptors (Lipinski definition) is 7. The molecule has 2 aromatic heterocycles. The van der Waals surface area contributed by atoms with Gasteiger partial charge in [0, 0.05) is 50.2 Å². The Morgan fingerprint density at radius 2 is 2.04 bits per heavy atom. The van der Waals surface area contributed by atoms with Crippen LogP contribution in [0.15, 0.2) is 30.3 Å². The van der Waals surface area contributed by atoms with Crippen LogP contribution >= 0.6 is 0 Å². The zero-order chi connectivity index (χ0) is 19.7. The minimum atomic E-state index is -1.14. The molecule has 3 aromatic rings. The van der Waals surface area contributed by atoms with Crippen LogP contribution in [0.1, 0.15) is 18.5 Å². The zero-order valence-electron chi connectivity index (χ0n) is 15.8. The fourth-order valence-corrected chi connectivity index (χ4v) is 3.48. The van der Waals surface area contributed by atoms with Gasteiger partial charge in [0.25, 0.3) is 0 Å². The highest BCUT2D eigenvalue weighted by molar-refractivity contribution is 5.91. The third-order valence-corrected chi connectivity index (χ3v) is 5.18. The third-order valence-electron chi connectivity index (χ3n) is 5.18. The van der Waals surface area contributed by atoms with Gasteiger partial charge in [-0.25, -0.2) is 9.78 Å². The number of fused-ring (bicyclic) bond motifs is 1. The van der Waals surface area contributed by atoms with Gasteiger partial charge >= 0.3 is 5.97 Å². The molecule has 9 nitrogen and oxygen atoms in total. The number of H-pyrrole nitrogens is 1. The van der Waals surface area contributed by atoms with Gasteiger partial charge in [-0.15, -0.1) is 0 Å². The molecule has 28 heavy (non-hydrogen) atoms. The molecule has 0 unspecified atom stereocenters. The molecule has 4 rings (SSSR count). The van der Waals surface area contributed by atoms with E-state index in [2.05, 4.69) is 20.5 Å². The number of benzene rings is 1. The Balaban J connectivity index is 1.66. The quantitative estimate of drug-likeness (QED) is 0.616. The number of aryl methyl sites for hydroxylation is 1. The first kappa shape index (κ1) is 18.2. The molecule has 1 aliphatic heterocycles. The van der Waals surface area contributed by atoms with Gasteiger partial charge in [0.1, 0.15) is 5.82 Å². The molecular formula is C19H22N6O3. The Morgan fingerprint density at radius 1 is 1.29 bits per heavy atom. The summed E-state index contributed by atoms with van der Waals surface area (Å²) in [6.07, 6.45) is 0.743. The first-order chi connectivity index (χ1) is 13.5. The van der Waals surface area contributed by atoms with Crippen LogP contribution in [0, 0.1) is 6.92 Å². The summed E-state index contributed by atoms with van der Waals surface area (Å²) in [6.45, 7) is 2.93. The smallest absolute Gasteiger partial charge is 0.336 e. The molecule has 0 amide bonds. The molecule has 0 saturated carbocycles. The van der Waals surface area contributed by atoms with Crippen LogP contribution in [0.4, 0.5) is 17.6 Å². The van der Waals surface area contributed by atoms with E-state index in [0.29, 0.717) is 43.5 Å². The molecule has 1 fully saturated rings. The number of anilines is 3. The van der Waals surface area contributed by atoms with Gasteiger partial charge in [-0.3, -0.25) is 5.10 Å². The summed E-state index contributed by atoms with van der Waals surface area (Å²) in [5, 5.41) is 20.8. The Kier molecular flexibility index (Phi) is 4.60. The predicted molar refractivity (Wildman–Crippen MR) is 105 cm³/mol. The van der Waals surface area contributed by atoms with Crippen molar-refractivity contribution in [3.05, 3.63) is 36.0 Å². The van der Waals surface area contributed by atoms with Crippen molar-refractivity contribution >= 4 is 34.5 Å². The van der Waals surface area contributed by atoms with E-state index in [1.165, 1.54) is 7.11 Å². The van der Waals surface area contributed by atoms with E-state index in [0.717, 1.165) is 16.6 Å². The van der Waals surface area contributed by atoms with Gasteiger partial charge in [0.05, 0.1) is 5.52 Å². The van der Waals surface area contributed by atoms with E-state index < -0.39 is 11.6 Å². The number of carboxylic acid groups (broad SMARTS) is 1. The number of nitrogens with one attached hydrogen (secondary N) is 2. The molecule has 146 valence electrons. The highest BCUT2D eigenvalue weighted by atomic mass is 16.5. The van der Waals surface area contributed by atoms with E-state index in [-0.39, 0.29) is 0 Å². The average molecular weight is 382 g/mol. The fourth-order valence-electron chi connectivity index (χ4n) is 3.48. The van der Waals surface area contributed by atoms with E-state index >= 15 is 0 Å². The van der Waals surface area contributed by atoms with Crippen LogP contribution in [0.25, 0.3) is 10.9 Å². The second-order valence-corrected chi connectivity index (χ2v) is 6.94. The van der Waals surface area contributed by atoms with Crippen LogP contribution < -0.4 is 10.2 Å². The molecule has 0 atom stereocenters. The second kappa shape index (κ2) is 7.08. The van der Waals surface area contributed by atoms with Crippen molar-refractivity contribution in [3.63, 3.8) is 0 Å². The van der Waals surface area contributed by atoms with Gasteiger partial charge in [-0.05, 0) is 19.1 Å². The standard InChI is InChI=1S/C19H22N6O3/c1-12-11-15(24-23-12)21-16-13-5-3-4-6-14(13)20-18(22-16)25-9-7-19(28-2,8-10-25)17(26)27/h3-6,11H,7-10H2,1-2H3,(H,26,27)(H2,20,21,22,23,24). The minimum Gasteiger partial charge on any atom is -0.479 e. The van der Waals surface area contributed by atoms with Crippen LogP contribution in [0.3, 0.4) is 0 Å². The van der Waals surface area contributed by atoms with Crippen molar-refractivity contribution in [2.24, 2.45) is 0 Å². The average Bonchev–Trinajstić information content (AvgIpc) is 3.12. The lowest BCUT2D eigenvalue weighted by atomic mass is 9.91. The molecule has 0 spiro atoms. The maximum absolute atomic E-state index is 11.6. The van der Waals surface area contributed by atoms with Gasteiger partial charge in [-0.1, -0.05) is 12.1 Å². The van der Waals surface area contributed by atoms with E-state index in [4.69, 9.17) is 9.72 Å². The first-order valence-corrected chi connectivity index (χ1v) is 9.10. The molecule has 1 aromatic carbocycles. The van der Waals surface area contributed by atoms with E-state index in [1.54, 1.807) is 0 Å². The number of aromatic amines is 1. The predicted octanol–water partition coefficient (Wildman–Crippen LogP) is 2.47. The van der Waals surface area contributed by atoms with E-state index in [9.17, 15) is 9.90 Å². The van der Waals surface area contributed by atoms with Crippen molar-refractivity contribution in [3.8, 4) is 0 Å². The Morgan fingerprint density at radius 3 is 2.68 bits per heavy atom. The molecule has 0 aliphatic carbocycles. The molecular weight excluding hydrogens is 360 g/mol. The summed E-state index contributed by atoms with van der Waals surface area (Å²) in [7, 11) is 1.45. The molecule has 9 heteroatoms. The van der Waals surface area contributed by atoms with Crippen LogP contribution in [0.2, 0.25) is 0 Å². The number of ether oxygens (including phenoxy) is 1. The summed E-state index contributed by atoms with van der Waals surface area (Å²) < 4.78 is 5.31. The molecule has 1 aliphatic rings. The first-order valence-electron chi connectivity index (χ1n) is 9.10. The Bertz CT molecular complexity index is 1010. The lowest BCUT2D eigenvalue weighted by molar-refractivity contribution is -0.164. The summed E-state index contributed by atoms with van der Waals surface area (Å²) in [5.74, 6) is 0.970. The maximum atomic E-state index is 11.6. The number of aliphatic carboxylic acids is 1. The SMILES string of the molecule is COC1(C(=O)O)CCN(c2nc(Nc3cc(C)[nH]n3)c3ccccc3n2)CC1. The summed E-state index contributed by atoms with van der Waals surface area (Å²) in [6, 6.07) is 9.65. The number of carboxylic acids is 1. The van der Waals surface area contributed by atoms with Gasteiger partial charge in [-0.2, -0.15) is 10.1 Å². The number of hydrogen-bond donors (Lipinski definition) is 3. The second-order valence-electron chi connectivity index (χ2n) is 6.94. The number of para-hydroxylation sites is 1. The van der Waals surface area contributed by atoms with Crippen molar-refractivity contribution in [2.75, 3.05) is 30.4 Å². The van der Waals surface area contributed by atoms with Crippen molar-refractivity contribution < 1.29 is 14.6 Å². The molecule has 0 radical (unpaired) electrons. The van der Waals surface area contributed by atoms with E-state index in [1.807, 2.05) is 42.2 Å². The molecule has 1 saturated heterocycles. The molecule has 0 bridgehead atoms. The fraction of sp³-hybridized carbons (Fsp3) is 0.368. The topological polar surface area (TPSA) is 116 Å². The van der Waals surface area contributed by atoms with Gasteiger partial charge < -0.3 is 20.1 Å². The number of piperidine rings is 1. The summed E-state index contributed by atoms with van der Waals surface area (Å²) >= 11 is 0. The van der Waals surface area contributed by atoms with Crippen LogP contribution in [-0.4, -0.2) is 57.0 Å². The minimum absolute atomic E-state index is 0.371. The number of rotatable bonds is 5. The monoisotopic (exact) mass is 382 g/mol. The highest BCUT2D eigenvalue weighted by Crippen LogP contribution is 2.31. The van der Waals surface area contributed by atoms with Crippen molar-refractivity contribution in [2.45, 2.75) is 25.4 Å². The number of nitrogens with zero attached hydrogens (tertiary/aromatic N) is 4. The number of aromatic nitrogens is 4. The largest absolute Gasteiger partial charge is 0.479 e. The Labute approximate surface area is 161 Å². The zero-order valence-corrected chi connectivity index (χ0v) is 15.8. The molecule has 3 heterocycles. The summed E-state index contributed by atoms with van der Waals surface area (Å²) in [4.78, 5) is 23.0. The molecule has 3 N–H and O–H groups in total. The van der Waals surface area contributed by atoms with Gasteiger partial charge in [0.2, 0.25) is 5.95 Å². The number of methoxy groups -OCH3 is 1. The van der Waals surface area contributed by atoms with Crippen LogP contribution in [-0.2, 0) is 9.53 Å². The lowest BCUT2D eigenvalue weighted by Gasteiger charge is -2.37. The normalized spacial score (nSPS) is 16.3. The van der Waals surface area contributed by atoms with Crippen LogP contribution in [0.5, 0.6) is 0 Å². The van der Waals surface area contributed by atoms with Crippen molar-refractivity contribution in [1.29, 1.82) is 0 Å². The third kappa shape index (κ3) is 3.24. The Hall–Kier alpha value is -3.20. The van der Waals surface area contributed by atoms with Gasteiger partial charge in [0.15, 0.2) is 11.4 Å². The lowest BCUT2D eigenvalue weighted by Crippen LogP contribution is -2.51. The summed E-state index contributed by atoms with van der Waals surface area (Å²) in [5.41, 5.74) is 0.617. The maximum Gasteiger partial charge on any atom is 0.336 e.